The van der Waals surface area contributed by atoms with Gasteiger partial charge in [0.2, 0.25) is 0 Å². The Morgan fingerprint density at radius 3 is 2.45 bits per heavy atom. The van der Waals surface area contributed by atoms with Gasteiger partial charge in [0, 0.05) is 33.5 Å². The van der Waals surface area contributed by atoms with E-state index < -0.39 is 27.5 Å². The number of aromatic nitrogens is 4. The van der Waals surface area contributed by atoms with Gasteiger partial charge >= 0.3 is 6.18 Å². The van der Waals surface area contributed by atoms with Crippen molar-refractivity contribution in [2.75, 3.05) is 19.8 Å². The number of sulfone groups is 1. The van der Waals surface area contributed by atoms with Gasteiger partial charge in [-0.1, -0.05) is 6.92 Å². The predicted octanol–water partition coefficient (Wildman–Crippen LogP) is 2.05. The van der Waals surface area contributed by atoms with Gasteiger partial charge < -0.3 is 4.57 Å². The van der Waals surface area contributed by atoms with Crippen molar-refractivity contribution in [1.82, 2.24) is 30.0 Å². The molecule has 9 nitrogen and oxygen atoms in total. The highest BCUT2D eigenvalue weighted by atomic mass is 32.2. The van der Waals surface area contributed by atoms with Crippen LogP contribution in [-0.2, 0) is 23.1 Å². The van der Waals surface area contributed by atoms with Crippen LogP contribution in [0.2, 0.25) is 0 Å². The largest absolute Gasteiger partial charge is 0.417 e. The van der Waals surface area contributed by atoms with E-state index in [1.165, 1.54) is 35.8 Å². The molecule has 0 atom stereocenters. The van der Waals surface area contributed by atoms with Crippen molar-refractivity contribution in [2.45, 2.75) is 18.0 Å². The maximum absolute atomic E-state index is 13.0. The summed E-state index contributed by atoms with van der Waals surface area (Å²) in [5, 5.41) is 1.39. The number of alkyl halides is 3. The summed E-state index contributed by atoms with van der Waals surface area (Å²) in [5.74, 6) is -0.840. The van der Waals surface area contributed by atoms with Crippen molar-refractivity contribution in [1.29, 1.82) is 0 Å². The first kappa shape index (κ1) is 22.6. The molecule has 0 aromatic carbocycles. The highest BCUT2D eigenvalue weighted by Gasteiger charge is 2.32. The summed E-state index contributed by atoms with van der Waals surface area (Å²) in [6, 6.07) is 2.01. The molecule has 0 radical (unpaired) electrons. The van der Waals surface area contributed by atoms with Crippen molar-refractivity contribution in [3.05, 3.63) is 35.7 Å². The van der Waals surface area contributed by atoms with Crippen LogP contribution in [0.4, 0.5) is 13.2 Å². The average molecular weight is 456 g/mol. The van der Waals surface area contributed by atoms with Crippen LogP contribution >= 0.6 is 0 Å². The second-order valence-electron chi connectivity index (χ2n) is 6.87. The summed E-state index contributed by atoms with van der Waals surface area (Å²) in [6.45, 7) is 1.43. The first-order chi connectivity index (χ1) is 14.3. The molecule has 1 amide bonds. The molecule has 13 heteroatoms. The van der Waals surface area contributed by atoms with Gasteiger partial charge in [-0.3, -0.25) is 15.2 Å². The van der Waals surface area contributed by atoms with Gasteiger partial charge in [0.25, 0.3) is 5.91 Å². The van der Waals surface area contributed by atoms with Crippen LogP contribution in [0.25, 0.3) is 22.7 Å². The topological polar surface area (TPSA) is 110 Å². The van der Waals surface area contributed by atoms with Crippen molar-refractivity contribution in [3.8, 4) is 11.5 Å². The quantitative estimate of drug-likeness (QED) is 0.585. The van der Waals surface area contributed by atoms with Crippen LogP contribution in [0.1, 0.15) is 22.8 Å². The molecule has 0 aliphatic heterocycles. The minimum atomic E-state index is -4.60. The molecule has 0 aliphatic carbocycles. The molecule has 166 valence electrons. The van der Waals surface area contributed by atoms with Gasteiger partial charge in [-0.05, 0) is 12.1 Å². The fourth-order valence-electron chi connectivity index (χ4n) is 2.84. The van der Waals surface area contributed by atoms with Crippen LogP contribution in [-0.4, -0.2) is 58.7 Å². The fraction of sp³-hybridized carbons (Fsp3) is 0.333. The van der Waals surface area contributed by atoms with Gasteiger partial charge in [-0.2, -0.15) is 13.2 Å². The van der Waals surface area contributed by atoms with E-state index in [0.717, 1.165) is 6.07 Å². The highest BCUT2D eigenvalue weighted by Crippen LogP contribution is 2.32. The Hall–Kier alpha value is -3.06. The van der Waals surface area contributed by atoms with Gasteiger partial charge in [0.1, 0.15) is 11.2 Å². The zero-order valence-corrected chi connectivity index (χ0v) is 17.8. The Morgan fingerprint density at radius 1 is 1.19 bits per heavy atom. The number of carbonyl (C=O) groups is 1. The molecule has 0 aliphatic rings. The molecule has 0 spiro atoms. The number of pyridine rings is 2. The molecular formula is C18H19F3N6O3S. The van der Waals surface area contributed by atoms with E-state index in [4.69, 9.17) is 0 Å². The van der Waals surface area contributed by atoms with E-state index in [1.54, 1.807) is 14.1 Å². The molecule has 0 saturated heterocycles. The molecule has 3 aromatic rings. The summed E-state index contributed by atoms with van der Waals surface area (Å²) < 4.78 is 65.8. The van der Waals surface area contributed by atoms with Crippen LogP contribution in [0.5, 0.6) is 0 Å². The van der Waals surface area contributed by atoms with Gasteiger partial charge in [0.05, 0.1) is 21.8 Å². The van der Waals surface area contributed by atoms with Crippen molar-refractivity contribution in [3.63, 3.8) is 0 Å². The number of nitrogens with zero attached hydrogens (tertiary/aromatic N) is 5. The lowest BCUT2D eigenvalue weighted by atomic mass is 10.2. The number of nitrogens with one attached hydrogen (secondary N) is 1. The van der Waals surface area contributed by atoms with E-state index in [2.05, 4.69) is 20.4 Å². The SMILES string of the molecule is CCS(=O)(=O)c1cc(C(=O)NN(C)C)cnc1-c1nc2cc(C(F)(F)F)cnc2n1C. The third-order valence-corrected chi connectivity index (χ3v) is 6.14. The van der Waals surface area contributed by atoms with Crippen LogP contribution < -0.4 is 5.43 Å². The van der Waals surface area contributed by atoms with Crippen LogP contribution in [0.15, 0.2) is 29.4 Å². The third-order valence-electron chi connectivity index (χ3n) is 4.40. The van der Waals surface area contributed by atoms with E-state index in [9.17, 15) is 26.4 Å². The average Bonchev–Trinajstić information content (AvgIpc) is 3.02. The van der Waals surface area contributed by atoms with E-state index in [-0.39, 0.29) is 38.9 Å². The van der Waals surface area contributed by atoms with Gasteiger partial charge in [-0.25, -0.2) is 23.4 Å². The molecule has 3 rings (SSSR count). The smallest absolute Gasteiger partial charge is 0.310 e. The van der Waals surface area contributed by atoms with E-state index in [1.807, 2.05) is 0 Å². The molecule has 3 aromatic heterocycles. The monoisotopic (exact) mass is 456 g/mol. The Kier molecular flexibility index (Phi) is 5.76. The second-order valence-corrected chi connectivity index (χ2v) is 9.12. The Balaban J connectivity index is 2.23. The molecule has 0 saturated carbocycles. The molecule has 31 heavy (non-hydrogen) atoms. The first-order valence-corrected chi connectivity index (χ1v) is 10.6. The normalized spacial score (nSPS) is 12.5. The number of halogens is 3. The number of fused-ring (bicyclic) bond motifs is 1. The maximum atomic E-state index is 13.0. The fourth-order valence-corrected chi connectivity index (χ4v) is 3.90. The van der Waals surface area contributed by atoms with Crippen LogP contribution in [0, 0.1) is 0 Å². The third kappa shape index (κ3) is 4.37. The lowest BCUT2D eigenvalue weighted by molar-refractivity contribution is -0.137. The minimum Gasteiger partial charge on any atom is -0.310 e. The molecule has 0 bridgehead atoms. The first-order valence-electron chi connectivity index (χ1n) is 8.96. The van der Waals surface area contributed by atoms with E-state index in [0.29, 0.717) is 6.20 Å². The lowest BCUT2D eigenvalue weighted by Gasteiger charge is -2.14. The number of carbonyl (C=O) groups excluding carboxylic acids is 1. The summed E-state index contributed by atoms with van der Waals surface area (Å²) in [4.78, 5) is 24.1. The zero-order chi connectivity index (χ0) is 23.1. The Morgan fingerprint density at radius 2 is 1.87 bits per heavy atom. The number of imidazole rings is 1. The summed E-state index contributed by atoms with van der Waals surface area (Å²) in [7, 11) is 0.807. The molecule has 0 fully saturated rings. The number of rotatable bonds is 5. The predicted molar refractivity (Wildman–Crippen MR) is 106 cm³/mol. The number of amides is 1. The Labute approximate surface area is 175 Å². The maximum Gasteiger partial charge on any atom is 0.417 e. The summed E-state index contributed by atoms with van der Waals surface area (Å²) >= 11 is 0. The van der Waals surface area contributed by atoms with E-state index >= 15 is 0 Å². The van der Waals surface area contributed by atoms with Crippen molar-refractivity contribution < 1.29 is 26.4 Å². The summed E-state index contributed by atoms with van der Waals surface area (Å²) in [5.41, 5.74) is 1.49. The Bertz CT molecular complexity index is 1270. The number of hydrogen-bond acceptors (Lipinski definition) is 7. The van der Waals surface area contributed by atoms with Crippen molar-refractivity contribution in [2.24, 2.45) is 7.05 Å². The lowest BCUT2D eigenvalue weighted by Crippen LogP contribution is -2.36. The van der Waals surface area contributed by atoms with Gasteiger partial charge in [0.15, 0.2) is 21.3 Å². The second kappa shape index (κ2) is 7.89. The minimum absolute atomic E-state index is 0.000668. The highest BCUT2D eigenvalue weighted by molar-refractivity contribution is 7.91. The van der Waals surface area contributed by atoms with Crippen molar-refractivity contribution >= 4 is 26.9 Å². The molecule has 3 heterocycles. The van der Waals surface area contributed by atoms with Crippen LogP contribution in [0.3, 0.4) is 0 Å². The number of hydrazine groups is 1. The molecule has 0 unspecified atom stereocenters. The zero-order valence-electron chi connectivity index (χ0n) is 17.0. The van der Waals surface area contributed by atoms with Gasteiger partial charge in [-0.15, -0.1) is 0 Å². The standard InChI is InChI=1S/C18H19F3N6O3S/c1-5-31(29,30)13-6-10(17(28)25-26(2)3)8-22-14(13)16-24-12-7-11(18(19,20)21)9-23-15(12)27(16)4/h6-9H,5H2,1-4H3,(H,25,28). The molecular weight excluding hydrogens is 437 g/mol. The number of aryl methyl sites for hydroxylation is 1. The molecule has 1 N–H and O–H groups in total. The number of hydrogen-bond donors (Lipinski definition) is 1. The summed E-state index contributed by atoms with van der Waals surface area (Å²) in [6.07, 6.45) is -2.74.